The number of hydrogen-bond donors (Lipinski definition) is 3. The summed E-state index contributed by atoms with van der Waals surface area (Å²) in [6.45, 7) is 2.59. The Hall–Kier alpha value is -1.47. The van der Waals surface area contributed by atoms with Gasteiger partial charge in [0.2, 0.25) is 0 Å². The van der Waals surface area contributed by atoms with Crippen LogP contribution in [-0.2, 0) is 0 Å². The molecular formula is C14H23N5O2. The minimum atomic E-state index is -0.171. The molecule has 0 spiro atoms. The van der Waals surface area contributed by atoms with Crippen LogP contribution in [0.15, 0.2) is 6.20 Å². The highest BCUT2D eigenvalue weighted by molar-refractivity contribution is 5.91. The molecule has 2 heterocycles. The van der Waals surface area contributed by atoms with Crippen LogP contribution in [0.25, 0.3) is 0 Å². The molecule has 21 heavy (non-hydrogen) atoms. The van der Waals surface area contributed by atoms with Gasteiger partial charge in [-0.25, -0.2) is 4.68 Å². The minimum absolute atomic E-state index is 0.171. The normalized spacial score (nSPS) is 26.3. The van der Waals surface area contributed by atoms with Crippen LogP contribution in [-0.4, -0.2) is 52.2 Å². The SMILES string of the molecule is O=C(NCC1CCCCC1CO)c1cn(C2CNC2)nn1. The first-order chi connectivity index (χ1) is 10.3. The van der Waals surface area contributed by atoms with Crippen LogP contribution < -0.4 is 10.6 Å². The van der Waals surface area contributed by atoms with Gasteiger partial charge in [-0.1, -0.05) is 18.1 Å². The van der Waals surface area contributed by atoms with Crippen LogP contribution in [0.3, 0.4) is 0 Å². The van der Waals surface area contributed by atoms with Crippen LogP contribution in [0.2, 0.25) is 0 Å². The Balaban J connectivity index is 1.52. The van der Waals surface area contributed by atoms with Crippen LogP contribution >= 0.6 is 0 Å². The maximum absolute atomic E-state index is 12.1. The minimum Gasteiger partial charge on any atom is -0.396 e. The summed E-state index contributed by atoms with van der Waals surface area (Å²) in [7, 11) is 0. The maximum Gasteiger partial charge on any atom is 0.273 e. The molecule has 1 aliphatic heterocycles. The molecule has 2 fully saturated rings. The molecule has 7 heteroatoms. The first-order valence-electron chi connectivity index (χ1n) is 7.79. The summed E-state index contributed by atoms with van der Waals surface area (Å²) in [4.78, 5) is 12.1. The number of carbonyl (C=O) groups excluding carboxylic acids is 1. The van der Waals surface area contributed by atoms with Crippen molar-refractivity contribution in [2.24, 2.45) is 11.8 Å². The van der Waals surface area contributed by atoms with Crippen molar-refractivity contribution in [1.82, 2.24) is 25.6 Å². The van der Waals surface area contributed by atoms with Gasteiger partial charge in [0, 0.05) is 26.2 Å². The number of rotatable bonds is 5. The molecule has 1 saturated heterocycles. The Labute approximate surface area is 124 Å². The van der Waals surface area contributed by atoms with Gasteiger partial charge in [-0.2, -0.15) is 0 Å². The molecule has 116 valence electrons. The second-order valence-corrected chi connectivity index (χ2v) is 6.09. The summed E-state index contributed by atoms with van der Waals surface area (Å²) in [5.41, 5.74) is 0.373. The molecule has 7 nitrogen and oxygen atoms in total. The largest absolute Gasteiger partial charge is 0.396 e. The fraction of sp³-hybridized carbons (Fsp3) is 0.786. The van der Waals surface area contributed by atoms with Crippen molar-refractivity contribution in [3.63, 3.8) is 0 Å². The topological polar surface area (TPSA) is 92.1 Å². The smallest absolute Gasteiger partial charge is 0.273 e. The molecule has 3 N–H and O–H groups in total. The quantitative estimate of drug-likeness (QED) is 0.708. The molecular weight excluding hydrogens is 270 g/mol. The third kappa shape index (κ3) is 3.24. The second kappa shape index (κ2) is 6.53. The van der Waals surface area contributed by atoms with Crippen molar-refractivity contribution < 1.29 is 9.90 Å². The molecule has 1 aromatic rings. The molecule has 0 radical (unpaired) electrons. The van der Waals surface area contributed by atoms with E-state index in [0.29, 0.717) is 30.1 Å². The number of amides is 1. The van der Waals surface area contributed by atoms with Crippen LogP contribution in [0.1, 0.15) is 42.2 Å². The van der Waals surface area contributed by atoms with E-state index in [4.69, 9.17) is 0 Å². The van der Waals surface area contributed by atoms with E-state index in [2.05, 4.69) is 20.9 Å². The van der Waals surface area contributed by atoms with Crippen molar-refractivity contribution in [2.45, 2.75) is 31.7 Å². The summed E-state index contributed by atoms with van der Waals surface area (Å²) in [5, 5.41) is 23.5. The van der Waals surface area contributed by atoms with Crippen LogP contribution in [0, 0.1) is 11.8 Å². The molecule has 1 saturated carbocycles. The Morgan fingerprint density at radius 2 is 2.14 bits per heavy atom. The zero-order valence-corrected chi connectivity index (χ0v) is 12.2. The van der Waals surface area contributed by atoms with Crippen molar-refractivity contribution in [3.05, 3.63) is 11.9 Å². The van der Waals surface area contributed by atoms with E-state index in [1.54, 1.807) is 10.9 Å². The van der Waals surface area contributed by atoms with Gasteiger partial charge in [0.05, 0.1) is 12.2 Å². The number of nitrogens with zero attached hydrogens (tertiary/aromatic N) is 3. The molecule has 3 rings (SSSR count). The van der Waals surface area contributed by atoms with Gasteiger partial charge in [0.15, 0.2) is 5.69 Å². The molecule has 2 atom stereocenters. The Morgan fingerprint density at radius 3 is 2.81 bits per heavy atom. The van der Waals surface area contributed by atoms with Gasteiger partial charge in [0.25, 0.3) is 5.91 Å². The summed E-state index contributed by atoms with van der Waals surface area (Å²) >= 11 is 0. The Kier molecular flexibility index (Phi) is 4.50. The van der Waals surface area contributed by atoms with Crippen molar-refractivity contribution >= 4 is 5.91 Å². The number of aromatic nitrogens is 3. The highest BCUT2D eigenvalue weighted by atomic mass is 16.3. The van der Waals surface area contributed by atoms with Crippen molar-refractivity contribution in [3.8, 4) is 0 Å². The highest BCUT2D eigenvalue weighted by Crippen LogP contribution is 2.29. The van der Waals surface area contributed by atoms with E-state index in [1.807, 2.05) is 0 Å². The first kappa shape index (κ1) is 14.5. The van der Waals surface area contributed by atoms with Gasteiger partial charge >= 0.3 is 0 Å². The fourth-order valence-corrected chi connectivity index (χ4v) is 3.13. The number of aliphatic hydroxyl groups excluding tert-OH is 1. The molecule has 2 aliphatic rings. The molecule has 0 bridgehead atoms. The second-order valence-electron chi connectivity index (χ2n) is 6.09. The predicted molar refractivity (Wildman–Crippen MR) is 76.8 cm³/mol. The lowest BCUT2D eigenvalue weighted by molar-refractivity contribution is 0.0904. The van der Waals surface area contributed by atoms with E-state index in [1.165, 1.54) is 12.8 Å². The van der Waals surface area contributed by atoms with Crippen LogP contribution in [0.4, 0.5) is 0 Å². The van der Waals surface area contributed by atoms with Gasteiger partial charge < -0.3 is 15.7 Å². The Bertz CT molecular complexity index is 485. The maximum atomic E-state index is 12.1. The van der Waals surface area contributed by atoms with E-state index in [0.717, 1.165) is 25.9 Å². The lowest BCUT2D eigenvalue weighted by Gasteiger charge is -2.30. The molecule has 1 amide bonds. The summed E-state index contributed by atoms with van der Waals surface area (Å²) in [5.74, 6) is 0.519. The third-order valence-corrected chi connectivity index (χ3v) is 4.70. The standard InChI is InChI=1S/C14H23N5O2/c20-9-11-4-2-1-3-10(11)5-16-14(21)13-8-19(18-17-13)12-6-15-7-12/h8,10-12,15,20H,1-7,9H2,(H,16,21). The fourth-order valence-electron chi connectivity index (χ4n) is 3.13. The highest BCUT2D eigenvalue weighted by Gasteiger charge is 2.26. The van der Waals surface area contributed by atoms with Crippen LogP contribution in [0.5, 0.6) is 0 Å². The van der Waals surface area contributed by atoms with E-state index in [-0.39, 0.29) is 12.5 Å². The third-order valence-electron chi connectivity index (χ3n) is 4.70. The van der Waals surface area contributed by atoms with E-state index >= 15 is 0 Å². The van der Waals surface area contributed by atoms with E-state index in [9.17, 15) is 9.90 Å². The Morgan fingerprint density at radius 1 is 1.38 bits per heavy atom. The van der Waals surface area contributed by atoms with Gasteiger partial charge in [-0.15, -0.1) is 5.10 Å². The first-order valence-corrected chi connectivity index (χ1v) is 7.79. The van der Waals surface area contributed by atoms with Crippen molar-refractivity contribution in [2.75, 3.05) is 26.2 Å². The average Bonchev–Trinajstić information content (AvgIpc) is 2.92. The van der Waals surface area contributed by atoms with Crippen molar-refractivity contribution in [1.29, 1.82) is 0 Å². The zero-order chi connectivity index (χ0) is 14.7. The van der Waals surface area contributed by atoms with Gasteiger partial charge in [0.1, 0.15) is 0 Å². The monoisotopic (exact) mass is 293 g/mol. The summed E-state index contributed by atoms with van der Waals surface area (Å²) < 4.78 is 1.75. The summed E-state index contributed by atoms with van der Waals surface area (Å²) in [6, 6.07) is 0.316. The lowest BCUT2D eigenvalue weighted by Crippen LogP contribution is -2.43. The number of hydrogen-bond acceptors (Lipinski definition) is 5. The molecule has 1 aliphatic carbocycles. The van der Waals surface area contributed by atoms with Gasteiger partial charge in [-0.05, 0) is 24.7 Å². The predicted octanol–water partition coefficient (Wildman–Crippen LogP) is -0.0491. The number of carbonyl (C=O) groups is 1. The summed E-state index contributed by atoms with van der Waals surface area (Å²) in [6.07, 6.45) is 6.21. The van der Waals surface area contributed by atoms with Gasteiger partial charge in [-0.3, -0.25) is 4.79 Å². The average molecular weight is 293 g/mol. The molecule has 2 unspecified atom stereocenters. The number of nitrogens with one attached hydrogen (secondary N) is 2. The molecule has 1 aromatic heterocycles. The lowest BCUT2D eigenvalue weighted by atomic mass is 9.79. The number of aliphatic hydroxyl groups is 1. The molecule has 0 aromatic carbocycles. The zero-order valence-electron chi connectivity index (χ0n) is 12.2. The van der Waals surface area contributed by atoms with E-state index < -0.39 is 0 Å².